The van der Waals surface area contributed by atoms with Crippen LogP contribution in [0.2, 0.25) is 0 Å². The first kappa shape index (κ1) is 19.1. The number of nitrogens with one attached hydrogen (secondary N) is 1. The van der Waals surface area contributed by atoms with Gasteiger partial charge < -0.3 is 19.2 Å². The van der Waals surface area contributed by atoms with E-state index >= 15 is 0 Å². The van der Waals surface area contributed by atoms with Gasteiger partial charge in [-0.05, 0) is 43.3 Å². The number of aryl methyl sites for hydroxylation is 1. The molecule has 0 radical (unpaired) electrons. The van der Waals surface area contributed by atoms with Crippen molar-refractivity contribution >= 4 is 11.9 Å². The molecule has 2 aromatic rings. The lowest BCUT2D eigenvalue weighted by Gasteiger charge is -2.33. The molecule has 7 heteroatoms. The predicted octanol–water partition coefficient (Wildman–Crippen LogP) is 2.18. The van der Waals surface area contributed by atoms with E-state index in [2.05, 4.69) is 15.0 Å². The Morgan fingerprint density at radius 1 is 1.11 bits per heavy atom. The van der Waals surface area contributed by atoms with E-state index in [1.54, 1.807) is 24.3 Å². The van der Waals surface area contributed by atoms with Gasteiger partial charge >= 0.3 is 5.97 Å². The highest BCUT2D eigenvalue weighted by Crippen LogP contribution is 2.23. The van der Waals surface area contributed by atoms with Crippen LogP contribution in [0.1, 0.15) is 38.3 Å². The number of esters is 1. The van der Waals surface area contributed by atoms with Crippen molar-refractivity contribution in [1.82, 2.24) is 10.2 Å². The largest absolute Gasteiger partial charge is 0.465 e. The van der Waals surface area contributed by atoms with Crippen molar-refractivity contribution in [2.24, 2.45) is 0 Å². The van der Waals surface area contributed by atoms with Crippen LogP contribution in [0.15, 0.2) is 40.8 Å². The van der Waals surface area contributed by atoms with Crippen molar-refractivity contribution < 1.29 is 23.5 Å². The standard InChI is InChI=1S/C20H24N2O5/c1-14-3-8-18(27-14)17(22-9-11-26-12-10-22)13-21-19(23)15-4-6-16(7-5-15)20(24)25-2/h3-8,17H,9-13H2,1-2H3,(H,21,23)/t17-/m1/s1. The van der Waals surface area contributed by atoms with Gasteiger partial charge in [0.2, 0.25) is 0 Å². The number of morpholine rings is 1. The SMILES string of the molecule is COC(=O)c1ccc(C(=O)NC[C@H](c2ccc(C)o2)N2CCOCC2)cc1. The Kier molecular flexibility index (Phi) is 6.26. The third kappa shape index (κ3) is 4.75. The number of benzene rings is 1. The van der Waals surface area contributed by atoms with E-state index in [1.807, 2.05) is 19.1 Å². The summed E-state index contributed by atoms with van der Waals surface area (Å²) in [5.74, 6) is 1.04. The van der Waals surface area contributed by atoms with Crippen molar-refractivity contribution in [3.05, 3.63) is 59.0 Å². The van der Waals surface area contributed by atoms with E-state index in [0.717, 1.165) is 24.6 Å². The lowest BCUT2D eigenvalue weighted by molar-refractivity contribution is 0.0117. The zero-order valence-electron chi connectivity index (χ0n) is 15.6. The molecular formula is C20H24N2O5. The maximum absolute atomic E-state index is 12.5. The summed E-state index contributed by atoms with van der Waals surface area (Å²) in [5, 5.41) is 2.97. The first-order chi connectivity index (χ1) is 13.1. The van der Waals surface area contributed by atoms with Gasteiger partial charge in [-0.25, -0.2) is 4.79 Å². The second-order valence-corrected chi connectivity index (χ2v) is 6.39. The zero-order valence-corrected chi connectivity index (χ0v) is 15.6. The quantitative estimate of drug-likeness (QED) is 0.783. The van der Waals surface area contributed by atoms with E-state index < -0.39 is 5.97 Å². The van der Waals surface area contributed by atoms with Crippen molar-refractivity contribution in [2.75, 3.05) is 40.0 Å². The summed E-state index contributed by atoms with van der Waals surface area (Å²) in [5.41, 5.74) is 0.894. The number of rotatable bonds is 6. The summed E-state index contributed by atoms with van der Waals surface area (Å²) in [4.78, 5) is 26.3. The van der Waals surface area contributed by atoms with E-state index in [4.69, 9.17) is 9.15 Å². The van der Waals surface area contributed by atoms with E-state index in [0.29, 0.717) is 30.9 Å². The Hall–Kier alpha value is -2.64. The highest BCUT2D eigenvalue weighted by Gasteiger charge is 2.25. The Labute approximate surface area is 158 Å². The lowest BCUT2D eigenvalue weighted by Crippen LogP contribution is -2.43. The Balaban J connectivity index is 1.67. The second-order valence-electron chi connectivity index (χ2n) is 6.39. The van der Waals surface area contributed by atoms with Crippen LogP contribution >= 0.6 is 0 Å². The summed E-state index contributed by atoms with van der Waals surface area (Å²) >= 11 is 0. The van der Waals surface area contributed by atoms with Crippen molar-refractivity contribution in [3.8, 4) is 0 Å². The fourth-order valence-corrected chi connectivity index (χ4v) is 3.10. The van der Waals surface area contributed by atoms with Crippen LogP contribution in [0.3, 0.4) is 0 Å². The number of carbonyl (C=O) groups is 2. The van der Waals surface area contributed by atoms with Crippen LogP contribution in [0, 0.1) is 6.92 Å². The van der Waals surface area contributed by atoms with Crippen molar-refractivity contribution in [3.63, 3.8) is 0 Å². The monoisotopic (exact) mass is 372 g/mol. The number of carbonyl (C=O) groups excluding carboxylic acids is 2. The fraction of sp³-hybridized carbons (Fsp3) is 0.400. The molecule has 0 saturated carbocycles. The van der Waals surface area contributed by atoms with E-state index in [1.165, 1.54) is 7.11 Å². The molecule has 3 rings (SSSR count). The van der Waals surface area contributed by atoms with Crippen LogP contribution in [0.25, 0.3) is 0 Å². The van der Waals surface area contributed by atoms with Gasteiger partial charge in [0.25, 0.3) is 5.91 Å². The lowest BCUT2D eigenvalue weighted by atomic mass is 10.1. The molecule has 0 bridgehead atoms. The molecule has 0 aliphatic carbocycles. The maximum Gasteiger partial charge on any atom is 0.337 e. The Morgan fingerprint density at radius 3 is 2.37 bits per heavy atom. The number of amides is 1. The highest BCUT2D eigenvalue weighted by molar-refractivity contribution is 5.96. The normalized spacial score (nSPS) is 15.9. The summed E-state index contributed by atoms with van der Waals surface area (Å²) in [7, 11) is 1.32. The van der Waals surface area contributed by atoms with Gasteiger partial charge in [-0.15, -0.1) is 0 Å². The van der Waals surface area contributed by atoms with Gasteiger partial charge in [0, 0.05) is 25.2 Å². The molecule has 1 aromatic heterocycles. The topological polar surface area (TPSA) is 81.0 Å². The smallest absolute Gasteiger partial charge is 0.337 e. The first-order valence-electron chi connectivity index (χ1n) is 8.93. The molecule has 1 atom stereocenters. The van der Waals surface area contributed by atoms with Crippen molar-refractivity contribution in [1.29, 1.82) is 0 Å². The number of methoxy groups -OCH3 is 1. The van der Waals surface area contributed by atoms with Gasteiger partial charge in [-0.1, -0.05) is 0 Å². The maximum atomic E-state index is 12.5. The minimum Gasteiger partial charge on any atom is -0.465 e. The Bertz CT molecular complexity index is 778. The third-order valence-corrected chi connectivity index (χ3v) is 4.60. The predicted molar refractivity (Wildman–Crippen MR) is 98.7 cm³/mol. The van der Waals surface area contributed by atoms with Crippen LogP contribution in [0.5, 0.6) is 0 Å². The molecule has 2 heterocycles. The van der Waals surface area contributed by atoms with Crippen LogP contribution in [-0.2, 0) is 9.47 Å². The molecule has 1 saturated heterocycles. The molecular weight excluding hydrogens is 348 g/mol. The van der Waals surface area contributed by atoms with Gasteiger partial charge in [0.05, 0.1) is 31.9 Å². The number of hydrogen-bond donors (Lipinski definition) is 1. The summed E-state index contributed by atoms with van der Waals surface area (Å²) < 4.78 is 15.9. The molecule has 1 N–H and O–H groups in total. The molecule has 1 fully saturated rings. The highest BCUT2D eigenvalue weighted by atomic mass is 16.5. The fourth-order valence-electron chi connectivity index (χ4n) is 3.10. The Morgan fingerprint density at radius 2 is 1.78 bits per heavy atom. The summed E-state index contributed by atoms with van der Waals surface area (Å²) in [6.07, 6.45) is 0. The average molecular weight is 372 g/mol. The number of hydrogen-bond acceptors (Lipinski definition) is 6. The third-order valence-electron chi connectivity index (χ3n) is 4.60. The van der Waals surface area contributed by atoms with Gasteiger partial charge in [0.1, 0.15) is 11.5 Å². The first-order valence-corrected chi connectivity index (χ1v) is 8.93. The van der Waals surface area contributed by atoms with Gasteiger partial charge in [-0.2, -0.15) is 0 Å². The number of nitrogens with zero attached hydrogens (tertiary/aromatic N) is 1. The minimum atomic E-state index is -0.428. The van der Waals surface area contributed by atoms with Gasteiger partial charge in [0.15, 0.2) is 0 Å². The minimum absolute atomic E-state index is 0.0547. The summed E-state index contributed by atoms with van der Waals surface area (Å²) in [6, 6.07) is 10.2. The van der Waals surface area contributed by atoms with E-state index in [-0.39, 0.29) is 11.9 Å². The zero-order chi connectivity index (χ0) is 19.2. The molecule has 144 valence electrons. The molecule has 1 aliphatic heterocycles. The van der Waals surface area contributed by atoms with E-state index in [9.17, 15) is 9.59 Å². The van der Waals surface area contributed by atoms with Crippen molar-refractivity contribution in [2.45, 2.75) is 13.0 Å². The average Bonchev–Trinajstić information content (AvgIpc) is 3.14. The molecule has 1 amide bonds. The molecule has 1 aromatic carbocycles. The molecule has 0 spiro atoms. The number of ether oxygens (including phenoxy) is 2. The molecule has 0 unspecified atom stereocenters. The van der Waals surface area contributed by atoms with Crippen LogP contribution in [0.4, 0.5) is 0 Å². The second kappa shape index (κ2) is 8.83. The molecule has 7 nitrogen and oxygen atoms in total. The molecule has 1 aliphatic rings. The van der Waals surface area contributed by atoms with Gasteiger partial charge in [-0.3, -0.25) is 9.69 Å². The van der Waals surface area contributed by atoms with Crippen LogP contribution in [-0.4, -0.2) is 56.7 Å². The summed E-state index contributed by atoms with van der Waals surface area (Å²) in [6.45, 7) is 5.23. The molecule has 27 heavy (non-hydrogen) atoms. The van der Waals surface area contributed by atoms with Crippen LogP contribution < -0.4 is 5.32 Å². The number of furan rings is 1.